The predicted molar refractivity (Wildman–Crippen MR) is 66.7 cm³/mol. The Bertz CT molecular complexity index is 337. The monoisotopic (exact) mass is 238 g/mol. The Kier molecular flexibility index (Phi) is 3.96. The summed E-state index contributed by atoms with van der Waals surface area (Å²) >= 11 is 1.66. The molecule has 0 saturated carbocycles. The van der Waals surface area contributed by atoms with Gasteiger partial charge in [0.2, 0.25) is 5.91 Å². The zero-order chi connectivity index (χ0) is 11.4. The van der Waals surface area contributed by atoms with Crippen LogP contribution in [0.25, 0.3) is 0 Å². The van der Waals surface area contributed by atoms with Crippen molar-refractivity contribution in [1.29, 1.82) is 0 Å². The van der Waals surface area contributed by atoms with Gasteiger partial charge in [-0.3, -0.25) is 4.79 Å². The van der Waals surface area contributed by atoms with E-state index in [2.05, 4.69) is 12.2 Å². The van der Waals surface area contributed by atoms with Crippen LogP contribution in [0.4, 0.5) is 0 Å². The molecule has 1 amide bonds. The largest absolute Gasteiger partial charge is 0.338 e. The number of hydrogen-bond donors (Lipinski definition) is 1. The summed E-state index contributed by atoms with van der Waals surface area (Å²) in [6.07, 6.45) is 1.61. The second-order valence-electron chi connectivity index (χ2n) is 4.23. The zero-order valence-corrected chi connectivity index (χ0v) is 10.4. The lowest BCUT2D eigenvalue weighted by Crippen LogP contribution is -2.40. The predicted octanol–water partition coefficient (Wildman–Crippen LogP) is 1.50. The molecular weight excluding hydrogens is 220 g/mol. The Morgan fingerprint density at radius 3 is 3.25 bits per heavy atom. The Morgan fingerprint density at radius 2 is 2.50 bits per heavy atom. The highest BCUT2D eigenvalue weighted by Gasteiger charge is 2.21. The highest BCUT2D eigenvalue weighted by Crippen LogP contribution is 2.13. The van der Waals surface area contributed by atoms with E-state index in [-0.39, 0.29) is 5.91 Å². The summed E-state index contributed by atoms with van der Waals surface area (Å²) < 4.78 is 0. The number of carbonyl (C=O) groups is 1. The molecule has 1 N–H and O–H groups in total. The number of rotatable bonds is 2. The van der Waals surface area contributed by atoms with E-state index in [1.54, 1.807) is 11.3 Å². The fourth-order valence-electron chi connectivity index (χ4n) is 2.05. The molecule has 1 aromatic heterocycles. The fourth-order valence-corrected chi connectivity index (χ4v) is 2.74. The van der Waals surface area contributed by atoms with Crippen LogP contribution in [0.5, 0.6) is 0 Å². The standard InChI is InChI=1S/C12H18N2OS/c1-10-4-5-13-6-7-14(10)12(15)9-11-3-2-8-16-11/h2-3,8,10,13H,4-7,9H2,1H3. The van der Waals surface area contributed by atoms with Gasteiger partial charge in [-0.2, -0.15) is 0 Å². The molecule has 0 bridgehead atoms. The van der Waals surface area contributed by atoms with Crippen LogP contribution < -0.4 is 5.32 Å². The van der Waals surface area contributed by atoms with E-state index in [0.29, 0.717) is 12.5 Å². The van der Waals surface area contributed by atoms with Crippen LogP contribution in [-0.2, 0) is 11.2 Å². The van der Waals surface area contributed by atoms with Crippen molar-refractivity contribution in [3.63, 3.8) is 0 Å². The van der Waals surface area contributed by atoms with Crippen LogP contribution in [-0.4, -0.2) is 36.5 Å². The van der Waals surface area contributed by atoms with Crippen molar-refractivity contribution in [2.75, 3.05) is 19.6 Å². The first-order valence-electron chi connectivity index (χ1n) is 5.80. The first-order valence-corrected chi connectivity index (χ1v) is 6.68. The summed E-state index contributed by atoms with van der Waals surface area (Å²) in [4.78, 5) is 15.3. The van der Waals surface area contributed by atoms with E-state index in [9.17, 15) is 4.79 Å². The highest BCUT2D eigenvalue weighted by molar-refractivity contribution is 7.10. The summed E-state index contributed by atoms with van der Waals surface area (Å²) in [6.45, 7) is 4.91. The zero-order valence-electron chi connectivity index (χ0n) is 9.61. The van der Waals surface area contributed by atoms with E-state index in [1.165, 1.54) is 0 Å². The van der Waals surface area contributed by atoms with Gasteiger partial charge < -0.3 is 10.2 Å². The van der Waals surface area contributed by atoms with Crippen LogP contribution >= 0.6 is 11.3 Å². The molecule has 2 heterocycles. The number of nitrogens with zero attached hydrogens (tertiary/aromatic N) is 1. The summed E-state index contributed by atoms with van der Waals surface area (Å²) in [5.74, 6) is 0.263. The first kappa shape index (κ1) is 11.6. The number of hydrogen-bond acceptors (Lipinski definition) is 3. The molecule has 1 saturated heterocycles. The molecule has 1 fully saturated rings. The van der Waals surface area contributed by atoms with Crippen molar-refractivity contribution >= 4 is 17.2 Å². The molecule has 1 atom stereocenters. The smallest absolute Gasteiger partial charge is 0.228 e. The van der Waals surface area contributed by atoms with E-state index in [0.717, 1.165) is 30.9 Å². The van der Waals surface area contributed by atoms with Crippen LogP contribution in [0, 0.1) is 0 Å². The van der Waals surface area contributed by atoms with Crippen LogP contribution in [0.1, 0.15) is 18.2 Å². The third-order valence-electron chi connectivity index (χ3n) is 3.03. The maximum absolute atomic E-state index is 12.1. The third-order valence-corrected chi connectivity index (χ3v) is 3.90. The quantitative estimate of drug-likeness (QED) is 0.847. The average Bonchev–Trinajstić information content (AvgIpc) is 2.66. The Labute approximate surface area is 100 Å². The lowest BCUT2D eigenvalue weighted by atomic mass is 10.2. The number of carbonyl (C=O) groups excluding carboxylic acids is 1. The van der Waals surface area contributed by atoms with Crippen LogP contribution in [0.15, 0.2) is 17.5 Å². The second kappa shape index (κ2) is 5.46. The topological polar surface area (TPSA) is 32.3 Å². The van der Waals surface area contributed by atoms with E-state index in [4.69, 9.17) is 0 Å². The minimum Gasteiger partial charge on any atom is -0.338 e. The van der Waals surface area contributed by atoms with Gasteiger partial charge in [-0.15, -0.1) is 11.3 Å². The molecule has 1 aliphatic rings. The lowest BCUT2D eigenvalue weighted by molar-refractivity contribution is -0.132. The van der Waals surface area contributed by atoms with E-state index >= 15 is 0 Å². The van der Waals surface area contributed by atoms with Gasteiger partial charge in [-0.25, -0.2) is 0 Å². The van der Waals surface area contributed by atoms with Crippen molar-refractivity contribution in [2.45, 2.75) is 25.8 Å². The van der Waals surface area contributed by atoms with Crippen molar-refractivity contribution in [3.8, 4) is 0 Å². The third kappa shape index (κ3) is 2.83. The first-order chi connectivity index (χ1) is 7.77. The Balaban J connectivity index is 1.97. The molecule has 0 aliphatic carbocycles. The molecule has 2 rings (SSSR count). The van der Waals surface area contributed by atoms with Gasteiger partial charge >= 0.3 is 0 Å². The summed E-state index contributed by atoms with van der Waals surface area (Å²) in [6, 6.07) is 4.40. The molecule has 4 heteroatoms. The molecule has 1 unspecified atom stereocenters. The molecular formula is C12H18N2OS. The average molecular weight is 238 g/mol. The molecule has 0 radical (unpaired) electrons. The van der Waals surface area contributed by atoms with Crippen molar-refractivity contribution in [1.82, 2.24) is 10.2 Å². The summed E-state index contributed by atoms with van der Waals surface area (Å²) in [5, 5.41) is 5.35. The second-order valence-corrected chi connectivity index (χ2v) is 5.26. The van der Waals surface area contributed by atoms with Crippen LogP contribution in [0.2, 0.25) is 0 Å². The minimum absolute atomic E-state index is 0.263. The minimum atomic E-state index is 0.263. The number of amides is 1. The lowest BCUT2D eigenvalue weighted by Gasteiger charge is -2.26. The van der Waals surface area contributed by atoms with Crippen molar-refractivity contribution in [2.24, 2.45) is 0 Å². The molecule has 88 valence electrons. The normalized spacial score (nSPS) is 21.8. The van der Waals surface area contributed by atoms with Gasteiger partial charge in [-0.1, -0.05) is 6.07 Å². The number of nitrogens with one attached hydrogen (secondary N) is 1. The van der Waals surface area contributed by atoms with Gasteiger partial charge in [0, 0.05) is 24.0 Å². The van der Waals surface area contributed by atoms with Crippen LogP contribution in [0.3, 0.4) is 0 Å². The molecule has 16 heavy (non-hydrogen) atoms. The molecule has 1 aliphatic heterocycles. The summed E-state index contributed by atoms with van der Waals surface area (Å²) in [7, 11) is 0. The van der Waals surface area contributed by atoms with Gasteiger partial charge in [0.1, 0.15) is 0 Å². The van der Waals surface area contributed by atoms with Crippen molar-refractivity contribution in [3.05, 3.63) is 22.4 Å². The SMILES string of the molecule is CC1CCNCCN1C(=O)Cc1cccs1. The van der Waals surface area contributed by atoms with Gasteiger partial charge in [0.25, 0.3) is 0 Å². The Morgan fingerprint density at radius 1 is 1.62 bits per heavy atom. The van der Waals surface area contributed by atoms with E-state index in [1.807, 2.05) is 22.4 Å². The fraction of sp³-hybridized carbons (Fsp3) is 0.583. The highest BCUT2D eigenvalue weighted by atomic mass is 32.1. The maximum Gasteiger partial charge on any atom is 0.228 e. The molecule has 3 nitrogen and oxygen atoms in total. The summed E-state index contributed by atoms with van der Waals surface area (Å²) in [5.41, 5.74) is 0. The van der Waals surface area contributed by atoms with E-state index < -0.39 is 0 Å². The van der Waals surface area contributed by atoms with Gasteiger partial charge in [0.15, 0.2) is 0 Å². The van der Waals surface area contributed by atoms with Gasteiger partial charge in [-0.05, 0) is 31.3 Å². The number of thiophene rings is 1. The molecule has 0 spiro atoms. The molecule has 0 aromatic carbocycles. The maximum atomic E-state index is 12.1. The Hall–Kier alpha value is -0.870. The molecule has 1 aromatic rings. The van der Waals surface area contributed by atoms with Gasteiger partial charge in [0.05, 0.1) is 6.42 Å². The van der Waals surface area contributed by atoms with Crippen molar-refractivity contribution < 1.29 is 4.79 Å².